The Bertz CT molecular complexity index is 809. The van der Waals surface area contributed by atoms with Crippen LogP contribution in [0.2, 0.25) is 0 Å². The second kappa shape index (κ2) is 10.2. The number of hydrogen-bond donors (Lipinski definition) is 4. The lowest BCUT2D eigenvalue weighted by molar-refractivity contribution is -0.137. The van der Waals surface area contributed by atoms with Crippen molar-refractivity contribution >= 4 is 27.7 Å². The predicted molar refractivity (Wildman–Crippen MR) is 92.7 cm³/mol. The molecule has 1 aromatic carbocycles. The number of benzene rings is 1. The van der Waals surface area contributed by atoms with E-state index in [9.17, 15) is 18.0 Å². The quantitative estimate of drug-likeness (QED) is 0.206. The van der Waals surface area contributed by atoms with E-state index in [0.717, 1.165) is 12.1 Å². The summed E-state index contributed by atoms with van der Waals surface area (Å²) in [5.41, 5.74) is 0.0895. The minimum atomic E-state index is -4.31. The minimum absolute atomic E-state index is 0.109. The normalized spacial score (nSPS) is 11.5. The number of carboxylic acids is 1. The molecule has 26 heavy (non-hydrogen) atoms. The lowest BCUT2D eigenvalue weighted by atomic mass is 10.2. The Hall–Kier alpha value is -2.90. The molecule has 0 heterocycles. The van der Waals surface area contributed by atoms with Gasteiger partial charge >= 0.3 is 5.97 Å². The molecule has 140 valence electrons. The van der Waals surface area contributed by atoms with Crippen molar-refractivity contribution in [2.45, 2.75) is 30.6 Å². The highest BCUT2D eigenvalue weighted by Gasteiger charge is 2.11. The maximum atomic E-state index is 12.0. The van der Waals surface area contributed by atoms with Crippen LogP contribution in [0.15, 0.2) is 40.9 Å². The summed E-state index contributed by atoms with van der Waals surface area (Å²) >= 11 is 0. The van der Waals surface area contributed by atoms with Crippen molar-refractivity contribution in [1.29, 1.82) is 5.26 Å². The first-order chi connectivity index (χ1) is 12.2. The molecule has 0 saturated carbocycles. The number of amides is 1. The molecule has 4 N–H and O–H groups in total. The molecule has 9 nitrogen and oxygen atoms in total. The van der Waals surface area contributed by atoms with Crippen LogP contribution in [-0.4, -0.2) is 36.5 Å². The van der Waals surface area contributed by atoms with E-state index in [1.54, 1.807) is 6.07 Å². The topological polar surface area (TPSA) is 157 Å². The largest absolute Gasteiger partial charge is 0.481 e. The Morgan fingerprint density at radius 3 is 2.35 bits per heavy atom. The van der Waals surface area contributed by atoms with Gasteiger partial charge in [0.1, 0.15) is 11.6 Å². The van der Waals surface area contributed by atoms with Gasteiger partial charge in [-0.15, -0.1) is 0 Å². The second-order valence-electron chi connectivity index (χ2n) is 5.28. The van der Waals surface area contributed by atoms with E-state index in [2.05, 4.69) is 10.6 Å². The van der Waals surface area contributed by atoms with Crippen molar-refractivity contribution in [1.82, 2.24) is 5.32 Å². The third kappa shape index (κ3) is 7.78. The van der Waals surface area contributed by atoms with Crippen molar-refractivity contribution in [3.8, 4) is 6.07 Å². The maximum absolute atomic E-state index is 12.0. The molecule has 0 aromatic heterocycles. The molecule has 1 aromatic rings. The summed E-state index contributed by atoms with van der Waals surface area (Å²) in [6, 6.07) is 6.56. The lowest BCUT2D eigenvalue weighted by Gasteiger charge is -2.06. The van der Waals surface area contributed by atoms with Crippen LogP contribution in [-0.2, 0) is 19.7 Å². The molecule has 0 saturated heterocycles. The van der Waals surface area contributed by atoms with Crippen LogP contribution in [0.5, 0.6) is 0 Å². The van der Waals surface area contributed by atoms with Gasteiger partial charge in [-0.1, -0.05) is 6.42 Å². The average Bonchev–Trinajstić information content (AvgIpc) is 2.56. The van der Waals surface area contributed by atoms with Crippen LogP contribution in [0.25, 0.3) is 0 Å². The number of unbranched alkanes of at least 4 members (excludes halogenated alkanes) is 2. The van der Waals surface area contributed by atoms with Crippen molar-refractivity contribution in [3.05, 3.63) is 36.0 Å². The predicted octanol–water partition coefficient (Wildman–Crippen LogP) is 1.51. The third-order valence-electron chi connectivity index (χ3n) is 3.23. The van der Waals surface area contributed by atoms with Gasteiger partial charge in [0.15, 0.2) is 0 Å². The zero-order valence-electron chi connectivity index (χ0n) is 13.8. The van der Waals surface area contributed by atoms with Crippen molar-refractivity contribution < 1.29 is 27.7 Å². The molecule has 0 aliphatic heterocycles. The Labute approximate surface area is 151 Å². The van der Waals surface area contributed by atoms with E-state index >= 15 is 0 Å². The van der Waals surface area contributed by atoms with E-state index < -0.39 is 22.0 Å². The Morgan fingerprint density at radius 2 is 1.81 bits per heavy atom. The van der Waals surface area contributed by atoms with Gasteiger partial charge in [0.2, 0.25) is 0 Å². The monoisotopic (exact) mass is 381 g/mol. The highest BCUT2D eigenvalue weighted by Crippen LogP contribution is 2.14. The van der Waals surface area contributed by atoms with Gasteiger partial charge in [0.05, 0.1) is 4.90 Å². The maximum Gasteiger partial charge on any atom is 0.303 e. The van der Waals surface area contributed by atoms with Crippen LogP contribution in [0.3, 0.4) is 0 Å². The van der Waals surface area contributed by atoms with E-state index in [0.29, 0.717) is 25.8 Å². The summed E-state index contributed by atoms with van der Waals surface area (Å²) in [5, 5.41) is 22.8. The van der Waals surface area contributed by atoms with Crippen LogP contribution < -0.4 is 10.6 Å². The molecule has 0 atom stereocenters. The molecule has 10 heteroatoms. The first-order valence-electron chi connectivity index (χ1n) is 7.68. The molecule has 0 bridgehead atoms. The SMILES string of the molecule is N#C/C(=C/NCCCCCC(=O)O)C(=O)Nc1ccc(S(=O)(=O)O)cc1. The number of aliphatic carboxylic acids is 1. The van der Waals surface area contributed by atoms with Crippen LogP contribution in [0.4, 0.5) is 5.69 Å². The molecule has 0 fully saturated rings. The number of carboxylic acid groups (broad SMARTS) is 1. The van der Waals surface area contributed by atoms with Crippen molar-refractivity contribution in [2.75, 3.05) is 11.9 Å². The number of carbonyl (C=O) groups is 2. The van der Waals surface area contributed by atoms with E-state index in [1.165, 1.54) is 18.3 Å². The fraction of sp³-hybridized carbons (Fsp3) is 0.312. The minimum Gasteiger partial charge on any atom is -0.481 e. The van der Waals surface area contributed by atoms with Gasteiger partial charge in [-0.05, 0) is 37.1 Å². The number of anilines is 1. The number of carbonyl (C=O) groups excluding carboxylic acids is 1. The molecule has 0 aliphatic carbocycles. The first kappa shape index (κ1) is 21.1. The summed E-state index contributed by atoms with van der Waals surface area (Å²) in [4.78, 5) is 22.0. The third-order valence-corrected chi connectivity index (χ3v) is 4.10. The number of nitrogens with zero attached hydrogens (tertiary/aromatic N) is 1. The van der Waals surface area contributed by atoms with Crippen molar-refractivity contribution in [2.24, 2.45) is 0 Å². The van der Waals surface area contributed by atoms with Crippen molar-refractivity contribution in [3.63, 3.8) is 0 Å². The molecular formula is C16H19N3O6S. The van der Waals surface area contributed by atoms with E-state index in [4.69, 9.17) is 14.9 Å². The van der Waals surface area contributed by atoms with E-state index in [-0.39, 0.29) is 22.6 Å². The fourth-order valence-corrected chi connectivity index (χ4v) is 2.39. The van der Waals surface area contributed by atoms with Gasteiger partial charge < -0.3 is 15.7 Å². The molecule has 0 unspecified atom stereocenters. The van der Waals surface area contributed by atoms with E-state index in [1.807, 2.05) is 0 Å². The number of hydrogen-bond acceptors (Lipinski definition) is 6. The van der Waals surface area contributed by atoms with Gasteiger partial charge in [0.25, 0.3) is 16.0 Å². The molecule has 0 aliphatic rings. The Balaban J connectivity index is 2.50. The molecule has 1 rings (SSSR count). The number of nitrogens with one attached hydrogen (secondary N) is 2. The summed E-state index contributed by atoms with van der Waals surface area (Å²) in [6.07, 6.45) is 3.34. The van der Waals surface area contributed by atoms with Gasteiger partial charge in [-0.3, -0.25) is 14.1 Å². The summed E-state index contributed by atoms with van der Waals surface area (Å²) in [6.45, 7) is 0.487. The van der Waals surface area contributed by atoms with Crippen LogP contribution >= 0.6 is 0 Å². The zero-order valence-corrected chi connectivity index (χ0v) is 14.6. The Morgan fingerprint density at radius 1 is 1.15 bits per heavy atom. The molecular weight excluding hydrogens is 362 g/mol. The molecule has 0 radical (unpaired) electrons. The van der Waals surface area contributed by atoms with Crippen LogP contribution in [0, 0.1) is 11.3 Å². The van der Waals surface area contributed by atoms with Gasteiger partial charge in [-0.2, -0.15) is 13.7 Å². The number of rotatable bonds is 10. The summed E-state index contributed by atoms with van der Waals surface area (Å²) in [5.74, 6) is -1.52. The highest BCUT2D eigenvalue weighted by atomic mass is 32.2. The second-order valence-corrected chi connectivity index (χ2v) is 6.70. The smallest absolute Gasteiger partial charge is 0.303 e. The summed E-state index contributed by atoms with van der Waals surface area (Å²) < 4.78 is 30.8. The van der Waals surface area contributed by atoms with Crippen LogP contribution in [0.1, 0.15) is 25.7 Å². The first-order valence-corrected chi connectivity index (χ1v) is 9.12. The molecule has 0 spiro atoms. The lowest BCUT2D eigenvalue weighted by Crippen LogP contribution is -2.17. The van der Waals surface area contributed by atoms with Gasteiger partial charge in [0, 0.05) is 24.9 Å². The number of nitriles is 1. The zero-order chi connectivity index (χ0) is 19.6. The standard InChI is InChI=1S/C16H19N3O6S/c17-10-12(11-18-9-3-1-2-4-15(20)21)16(22)19-13-5-7-14(8-6-13)26(23,24)25/h5-8,11,18H,1-4,9H2,(H,19,22)(H,20,21)(H,23,24,25)/b12-11-. The van der Waals surface area contributed by atoms with Gasteiger partial charge in [-0.25, -0.2) is 0 Å². The summed E-state index contributed by atoms with van der Waals surface area (Å²) in [7, 11) is -4.31. The highest BCUT2D eigenvalue weighted by molar-refractivity contribution is 7.85. The Kier molecular flexibility index (Phi) is 8.27. The average molecular weight is 381 g/mol. The molecule has 1 amide bonds. The fourth-order valence-electron chi connectivity index (χ4n) is 1.91.